The first-order valence-electron chi connectivity index (χ1n) is 7.99. The Morgan fingerprint density at radius 3 is 2.84 bits per heavy atom. The lowest BCUT2D eigenvalue weighted by Gasteiger charge is -2.11. The molecule has 1 amide bonds. The number of ether oxygens (including phenoxy) is 1. The number of carbonyl (C=O) groups excluding carboxylic acids is 1. The van der Waals surface area contributed by atoms with Crippen LogP contribution in [-0.4, -0.2) is 36.4 Å². The molecule has 25 heavy (non-hydrogen) atoms. The van der Waals surface area contributed by atoms with E-state index in [0.29, 0.717) is 18.7 Å². The highest BCUT2D eigenvalue weighted by molar-refractivity contribution is 5.96. The Hall–Kier alpha value is -2.99. The summed E-state index contributed by atoms with van der Waals surface area (Å²) in [5.41, 5.74) is 8.95. The molecule has 3 aromatic rings. The molecule has 0 radical (unpaired) electrons. The Balaban J connectivity index is 2.02. The van der Waals surface area contributed by atoms with Gasteiger partial charge < -0.3 is 15.8 Å². The van der Waals surface area contributed by atoms with E-state index in [0.717, 1.165) is 33.3 Å². The fourth-order valence-electron chi connectivity index (χ4n) is 2.74. The van der Waals surface area contributed by atoms with Crippen LogP contribution in [0.25, 0.3) is 21.9 Å². The minimum Gasteiger partial charge on any atom is -0.383 e. The molecule has 0 fully saturated rings. The number of carbonyl (C=O) groups is 1. The summed E-state index contributed by atoms with van der Waals surface area (Å²) in [4.78, 5) is 11.5. The van der Waals surface area contributed by atoms with Crippen LogP contribution in [-0.2, 0) is 4.74 Å². The van der Waals surface area contributed by atoms with Crippen molar-refractivity contribution in [3.05, 3.63) is 53.7 Å². The van der Waals surface area contributed by atoms with Gasteiger partial charge in [0.25, 0.3) is 0 Å². The summed E-state index contributed by atoms with van der Waals surface area (Å²) in [5, 5.41) is 13.4. The Labute approximate surface area is 146 Å². The predicted molar refractivity (Wildman–Crippen MR) is 98.6 cm³/mol. The molecule has 3 N–H and O–H groups in total. The molecule has 128 valence electrons. The normalized spacial score (nSPS) is 10.8. The molecule has 0 aliphatic heterocycles. The molecule has 0 spiro atoms. The predicted octanol–water partition coefficient (Wildman–Crippen LogP) is 2.76. The Bertz CT molecular complexity index is 924. The van der Waals surface area contributed by atoms with Crippen LogP contribution < -0.4 is 11.1 Å². The average Bonchev–Trinajstić information content (AvgIpc) is 2.62. The second kappa shape index (κ2) is 7.27. The van der Waals surface area contributed by atoms with E-state index in [1.807, 2.05) is 37.3 Å². The number of hydrogen-bond donors (Lipinski definition) is 2. The van der Waals surface area contributed by atoms with E-state index >= 15 is 0 Å². The summed E-state index contributed by atoms with van der Waals surface area (Å²) in [5.74, 6) is 0.293. The minimum atomic E-state index is -0.433. The zero-order chi connectivity index (χ0) is 17.8. The topological polar surface area (TPSA) is 90.1 Å². The first-order chi connectivity index (χ1) is 12.1. The van der Waals surface area contributed by atoms with Crippen LogP contribution in [0.2, 0.25) is 0 Å². The minimum absolute atomic E-state index is 0.433. The van der Waals surface area contributed by atoms with Gasteiger partial charge in [-0.3, -0.25) is 4.79 Å². The average molecular weight is 336 g/mol. The first kappa shape index (κ1) is 16.9. The number of methoxy groups -OCH3 is 1. The summed E-state index contributed by atoms with van der Waals surface area (Å²) < 4.78 is 5.05. The quantitative estimate of drug-likeness (QED) is 0.676. The molecule has 0 aliphatic carbocycles. The van der Waals surface area contributed by atoms with Gasteiger partial charge in [-0.05, 0) is 47.9 Å². The molecule has 3 rings (SSSR count). The van der Waals surface area contributed by atoms with Crippen LogP contribution in [0.5, 0.6) is 0 Å². The molecule has 0 unspecified atom stereocenters. The number of fused-ring (bicyclic) bond motifs is 1. The molecule has 0 aliphatic rings. The monoisotopic (exact) mass is 336 g/mol. The van der Waals surface area contributed by atoms with Gasteiger partial charge in [0, 0.05) is 30.0 Å². The number of nitrogens with one attached hydrogen (secondary N) is 1. The van der Waals surface area contributed by atoms with Crippen LogP contribution >= 0.6 is 0 Å². The van der Waals surface area contributed by atoms with Gasteiger partial charge in [-0.1, -0.05) is 12.1 Å². The third-order valence-corrected chi connectivity index (χ3v) is 4.09. The standard InChI is InChI=1S/C19H20N4O2/c1-12-3-4-14(18(20)24)10-17(12)13-5-6-16-15(9-13)11-22-23-19(16)21-7-8-25-2/h3-6,9-11H,7-8H2,1-2H3,(H2,20,24)(H,21,23). The van der Waals surface area contributed by atoms with Crippen molar-refractivity contribution >= 4 is 22.5 Å². The molecular weight excluding hydrogens is 316 g/mol. The van der Waals surface area contributed by atoms with E-state index < -0.39 is 5.91 Å². The van der Waals surface area contributed by atoms with Gasteiger partial charge in [0.15, 0.2) is 5.82 Å². The van der Waals surface area contributed by atoms with Crippen molar-refractivity contribution < 1.29 is 9.53 Å². The third kappa shape index (κ3) is 3.59. The summed E-state index contributed by atoms with van der Waals surface area (Å²) in [6.45, 7) is 3.26. The Kier molecular flexibility index (Phi) is 4.90. The molecule has 2 aromatic carbocycles. The number of rotatable bonds is 6. The summed E-state index contributed by atoms with van der Waals surface area (Å²) in [6.07, 6.45) is 1.73. The zero-order valence-electron chi connectivity index (χ0n) is 14.2. The Morgan fingerprint density at radius 1 is 1.24 bits per heavy atom. The van der Waals surface area contributed by atoms with Gasteiger partial charge >= 0.3 is 0 Å². The van der Waals surface area contributed by atoms with Gasteiger partial charge in [0.1, 0.15) is 0 Å². The van der Waals surface area contributed by atoms with Gasteiger partial charge in [-0.15, -0.1) is 5.10 Å². The largest absolute Gasteiger partial charge is 0.383 e. The van der Waals surface area contributed by atoms with E-state index in [1.54, 1.807) is 19.4 Å². The van der Waals surface area contributed by atoms with Gasteiger partial charge in [-0.2, -0.15) is 5.10 Å². The van der Waals surface area contributed by atoms with Gasteiger partial charge in [0.2, 0.25) is 5.91 Å². The van der Waals surface area contributed by atoms with Crippen molar-refractivity contribution in [1.29, 1.82) is 0 Å². The third-order valence-electron chi connectivity index (χ3n) is 4.09. The van der Waals surface area contributed by atoms with E-state index in [9.17, 15) is 4.79 Å². The van der Waals surface area contributed by atoms with Crippen LogP contribution in [0.1, 0.15) is 15.9 Å². The Morgan fingerprint density at radius 2 is 2.08 bits per heavy atom. The number of aromatic nitrogens is 2. The highest BCUT2D eigenvalue weighted by atomic mass is 16.5. The number of aryl methyl sites for hydroxylation is 1. The highest BCUT2D eigenvalue weighted by Crippen LogP contribution is 2.29. The molecule has 6 heteroatoms. The number of benzene rings is 2. The van der Waals surface area contributed by atoms with Crippen molar-refractivity contribution in [1.82, 2.24) is 10.2 Å². The van der Waals surface area contributed by atoms with Crippen LogP contribution in [0.3, 0.4) is 0 Å². The zero-order valence-corrected chi connectivity index (χ0v) is 14.2. The number of hydrogen-bond acceptors (Lipinski definition) is 5. The second-order valence-electron chi connectivity index (χ2n) is 5.81. The molecule has 1 aromatic heterocycles. The number of primary amides is 1. The molecular formula is C19H20N4O2. The van der Waals surface area contributed by atoms with E-state index in [4.69, 9.17) is 10.5 Å². The lowest BCUT2D eigenvalue weighted by atomic mass is 9.96. The second-order valence-corrected chi connectivity index (χ2v) is 5.81. The lowest BCUT2D eigenvalue weighted by Crippen LogP contribution is -2.11. The number of anilines is 1. The van der Waals surface area contributed by atoms with E-state index in [1.165, 1.54) is 0 Å². The number of nitrogens with two attached hydrogens (primary N) is 1. The van der Waals surface area contributed by atoms with Crippen molar-refractivity contribution in [3.63, 3.8) is 0 Å². The van der Waals surface area contributed by atoms with Crippen molar-refractivity contribution in [3.8, 4) is 11.1 Å². The lowest BCUT2D eigenvalue weighted by molar-refractivity contribution is 0.100. The molecule has 0 saturated heterocycles. The van der Waals surface area contributed by atoms with Crippen molar-refractivity contribution in [2.45, 2.75) is 6.92 Å². The van der Waals surface area contributed by atoms with Crippen LogP contribution in [0.4, 0.5) is 5.82 Å². The maximum absolute atomic E-state index is 11.5. The van der Waals surface area contributed by atoms with Crippen molar-refractivity contribution in [2.24, 2.45) is 5.73 Å². The van der Waals surface area contributed by atoms with Gasteiger partial charge in [0.05, 0.1) is 12.8 Å². The highest BCUT2D eigenvalue weighted by Gasteiger charge is 2.09. The van der Waals surface area contributed by atoms with Crippen LogP contribution in [0, 0.1) is 6.92 Å². The summed E-state index contributed by atoms with van der Waals surface area (Å²) >= 11 is 0. The maximum Gasteiger partial charge on any atom is 0.248 e. The molecule has 0 saturated carbocycles. The van der Waals surface area contributed by atoms with E-state index in [2.05, 4.69) is 15.5 Å². The molecule has 6 nitrogen and oxygen atoms in total. The van der Waals surface area contributed by atoms with E-state index in [-0.39, 0.29) is 0 Å². The molecule has 1 heterocycles. The number of amides is 1. The number of nitrogens with zero attached hydrogens (tertiary/aromatic N) is 2. The van der Waals surface area contributed by atoms with Crippen LogP contribution in [0.15, 0.2) is 42.6 Å². The summed E-state index contributed by atoms with van der Waals surface area (Å²) in [7, 11) is 1.66. The van der Waals surface area contributed by atoms with Crippen molar-refractivity contribution in [2.75, 3.05) is 25.6 Å². The van der Waals surface area contributed by atoms with Gasteiger partial charge in [-0.25, -0.2) is 0 Å². The first-order valence-corrected chi connectivity index (χ1v) is 7.99. The fraction of sp³-hybridized carbons (Fsp3) is 0.211. The summed E-state index contributed by atoms with van der Waals surface area (Å²) in [6, 6.07) is 11.5. The maximum atomic E-state index is 11.5. The smallest absolute Gasteiger partial charge is 0.248 e. The fourth-order valence-corrected chi connectivity index (χ4v) is 2.74. The molecule has 0 bridgehead atoms. The molecule has 0 atom stereocenters. The SMILES string of the molecule is COCCNc1nncc2cc(-c3cc(C(N)=O)ccc3C)ccc12.